The zero-order valence-corrected chi connectivity index (χ0v) is 16.4. The highest BCUT2D eigenvalue weighted by molar-refractivity contribution is 5.88. The van der Waals surface area contributed by atoms with E-state index < -0.39 is 29.1 Å². The Labute approximate surface area is 171 Å². The summed E-state index contributed by atoms with van der Waals surface area (Å²) in [7, 11) is 0. The van der Waals surface area contributed by atoms with Crippen LogP contribution in [-0.4, -0.2) is 45.7 Å². The summed E-state index contributed by atoms with van der Waals surface area (Å²) in [4.78, 5) is 25.2. The number of halogens is 3. The maximum Gasteiger partial charge on any atom is 0.257 e. The van der Waals surface area contributed by atoms with Crippen LogP contribution in [0.2, 0.25) is 0 Å². The molecule has 0 N–H and O–H groups in total. The van der Waals surface area contributed by atoms with Crippen LogP contribution in [0.3, 0.4) is 0 Å². The molecule has 0 saturated carbocycles. The number of nitrogens with zero attached hydrogens (tertiary/aromatic N) is 4. The molecule has 3 aliphatic rings. The second-order valence-corrected chi connectivity index (χ2v) is 8.17. The third kappa shape index (κ3) is 3.03. The summed E-state index contributed by atoms with van der Waals surface area (Å²) in [5.41, 5.74) is -0.211. The molecular weight excluding hydrogens is 397 g/mol. The summed E-state index contributed by atoms with van der Waals surface area (Å²) in [5.74, 6) is -1.46. The first-order valence-electron chi connectivity index (χ1n) is 10.1. The average Bonchev–Trinajstić information content (AvgIpc) is 3.23. The molecule has 0 radical (unpaired) electrons. The second-order valence-electron chi connectivity index (χ2n) is 8.17. The third-order valence-corrected chi connectivity index (χ3v) is 6.35. The van der Waals surface area contributed by atoms with Crippen molar-refractivity contribution in [3.8, 4) is 0 Å². The number of hydrogen-bond donors (Lipinski definition) is 0. The lowest BCUT2D eigenvalue weighted by Crippen LogP contribution is -2.50. The van der Waals surface area contributed by atoms with Crippen LogP contribution in [0.1, 0.15) is 43.0 Å². The zero-order chi connectivity index (χ0) is 21.0. The maximum absolute atomic E-state index is 13.7. The number of aromatic nitrogens is 2. The summed E-state index contributed by atoms with van der Waals surface area (Å²) in [6.07, 6.45) is 2.89. The summed E-state index contributed by atoms with van der Waals surface area (Å²) < 4.78 is 47.1. The lowest BCUT2D eigenvalue weighted by molar-refractivity contribution is -0.140. The van der Waals surface area contributed by atoms with Gasteiger partial charge in [-0.2, -0.15) is 0 Å². The van der Waals surface area contributed by atoms with Crippen molar-refractivity contribution in [2.24, 2.45) is 0 Å². The number of benzene rings is 1. The summed E-state index contributed by atoms with van der Waals surface area (Å²) in [6.45, 7) is 2.58. The fourth-order valence-electron chi connectivity index (χ4n) is 4.80. The predicted octanol–water partition coefficient (Wildman–Crippen LogP) is 3.26. The molecule has 2 aromatic rings. The molecule has 1 amide bonds. The van der Waals surface area contributed by atoms with Crippen LogP contribution in [0.25, 0.3) is 0 Å². The first-order valence-corrected chi connectivity index (χ1v) is 10.1. The van der Waals surface area contributed by atoms with Gasteiger partial charge in [0.25, 0.3) is 5.91 Å². The SMILES string of the molecule is Cc1nc(N2CCC3(CC2)O[C@@H]2CC[C@@H](c4cc(F)cc(F)c4)N2C3=O)ncc1F. The summed E-state index contributed by atoms with van der Waals surface area (Å²) >= 11 is 0. The van der Waals surface area contributed by atoms with Crippen LogP contribution in [0.15, 0.2) is 24.4 Å². The molecule has 1 aromatic carbocycles. The van der Waals surface area contributed by atoms with Crippen LogP contribution >= 0.6 is 0 Å². The third-order valence-electron chi connectivity index (χ3n) is 6.35. The molecule has 3 saturated heterocycles. The number of hydrogen-bond acceptors (Lipinski definition) is 5. The highest BCUT2D eigenvalue weighted by atomic mass is 19.1. The Kier molecular flexibility index (Phi) is 4.46. The van der Waals surface area contributed by atoms with Gasteiger partial charge in [-0.1, -0.05) is 0 Å². The molecular formula is C21H21F3N4O2. The highest BCUT2D eigenvalue weighted by Gasteiger charge is 2.58. The molecule has 5 rings (SSSR count). The predicted molar refractivity (Wildman–Crippen MR) is 101 cm³/mol. The van der Waals surface area contributed by atoms with Crippen LogP contribution in [0, 0.1) is 24.4 Å². The van der Waals surface area contributed by atoms with E-state index in [1.165, 1.54) is 12.1 Å². The van der Waals surface area contributed by atoms with Gasteiger partial charge in [0.1, 0.15) is 17.9 Å². The molecule has 0 unspecified atom stereocenters. The van der Waals surface area contributed by atoms with Gasteiger partial charge in [-0.3, -0.25) is 4.79 Å². The Morgan fingerprint density at radius 2 is 1.80 bits per heavy atom. The topological polar surface area (TPSA) is 58.6 Å². The van der Waals surface area contributed by atoms with Crippen molar-refractivity contribution < 1.29 is 22.7 Å². The first-order chi connectivity index (χ1) is 14.4. The van der Waals surface area contributed by atoms with Crippen molar-refractivity contribution in [3.63, 3.8) is 0 Å². The average molecular weight is 418 g/mol. The lowest BCUT2D eigenvalue weighted by Gasteiger charge is -2.37. The van der Waals surface area contributed by atoms with Gasteiger partial charge in [-0.15, -0.1) is 0 Å². The number of ether oxygens (including phenoxy) is 1. The van der Waals surface area contributed by atoms with Crippen LogP contribution in [-0.2, 0) is 9.53 Å². The maximum atomic E-state index is 13.7. The zero-order valence-electron chi connectivity index (χ0n) is 16.4. The number of fused-ring (bicyclic) bond motifs is 1. The van der Waals surface area contributed by atoms with E-state index in [-0.39, 0.29) is 17.8 Å². The van der Waals surface area contributed by atoms with E-state index in [4.69, 9.17) is 4.74 Å². The van der Waals surface area contributed by atoms with Gasteiger partial charge >= 0.3 is 0 Å². The molecule has 1 spiro atoms. The van der Waals surface area contributed by atoms with E-state index in [0.29, 0.717) is 50.3 Å². The molecule has 6 nitrogen and oxygen atoms in total. The minimum atomic E-state index is -0.944. The molecule has 3 fully saturated rings. The minimum absolute atomic E-state index is 0.129. The fourth-order valence-corrected chi connectivity index (χ4v) is 4.80. The van der Waals surface area contributed by atoms with Gasteiger partial charge in [-0.25, -0.2) is 23.1 Å². The summed E-state index contributed by atoms with van der Waals surface area (Å²) in [6, 6.07) is 3.00. The van der Waals surface area contributed by atoms with Gasteiger partial charge in [-0.05, 0) is 37.5 Å². The van der Waals surface area contributed by atoms with Crippen LogP contribution in [0.4, 0.5) is 19.1 Å². The summed E-state index contributed by atoms with van der Waals surface area (Å²) in [5, 5.41) is 0. The number of piperidine rings is 1. The van der Waals surface area contributed by atoms with Crippen LogP contribution in [0.5, 0.6) is 0 Å². The highest BCUT2D eigenvalue weighted by Crippen LogP contribution is 2.47. The number of aryl methyl sites for hydroxylation is 1. The van der Waals surface area contributed by atoms with Crippen molar-refractivity contribution in [3.05, 3.63) is 53.1 Å². The van der Waals surface area contributed by atoms with Gasteiger partial charge in [0, 0.05) is 32.0 Å². The van der Waals surface area contributed by atoms with E-state index in [1.54, 1.807) is 11.8 Å². The Balaban J connectivity index is 1.34. The normalized spacial score (nSPS) is 25.3. The van der Waals surface area contributed by atoms with Crippen molar-refractivity contribution in [1.82, 2.24) is 14.9 Å². The number of amides is 1. The Morgan fingerprint density at radius 3 is 2.47 bits per heavy atom. The van der Waals surface area contributed by atoms with E-state index in [2.05, 4.69) is 9.97 Å². The molecule has 30 heavy (non-hydrogen) atoms. The fraction of sp³-hybridized carbons (Fsp3) is 0.476. The molecule has 4 heterocycles. The van der Waals surface area contributed by atoms with E-state index >= 15 is 0 Å². The minimum Gasteiger partial charge on any atom is -0.342 e. The van der Waals surface area contributed by atoms with Gasteiger partial charge in [0.15, 0.2) is 11.4 Å². The van der Waals surface area contributed by atoms with Gasteiger partial charge < -0.3 is 14.5 Å². The molecule has 9 heteroatoms. The van der Waals surface area contributed by atoms with E-state index in [0.717, 1.165) is 12.3 Å². The molecule has 158 valence electrons. The van der Waals surface area contributed by atoms with Crippen LogP contribution < -0.4 is 4.90 Å². The van der Waals surface area contributed by atoms with Crippen molar-refractivity contribution in [2.75, 3.05) is 18.0 Å². The Bertz CT molecular complexity index is 989. The molecule has 2 atom stereocenters. The Hall–Kier alpha value is -2.68. The monoisotopic (exact) mass is 418 g/mol. The first kappa shape index (κ1) is 19.3. The van der Waals surface area contributed by atoms with E-state index in [9.17, 15) is 18.0 Å². The van der Waals surface area contributed by atoms with Crippen molar-refractivity contribution in [1.29, 1.82) is 0 Å². The van der Waals surface area contributed by atoms with Crippen molar-refractivity contribution in [2.45, 2.75) is 50.5 Å². The van der Waals surface area contributed by atoms with E-state index in [1.807, 2.05) is 4.90 Å². The molecule has 0 bridgehead atoms. The largest absolute Gasteiger partial charge is 0.342 e. The quantitative estimate of drug-likeness (QED) is 0.749. The standard InChI is InChI=1S/C21H21F3N4O2/c1-12-16(24)11-25-20(26-12)27-6-4-21(5-7-27)19(29)28-17(2-3-18(28)30-21)13-8-14(22)10-15(23)9-13/h8-11,17-18H,2-7H2,1H3/t17-,18+/m0/s1. The molecule has 0 aliphatic carbocycles. The number of anilines is 1. The smallest absolute Gasteiger partial charge is 0.257 e. The lowest BCUT2D eigenvalue weighted by atomic mass is 9.89. The number of carbonyl (C=O) groups excluding carboxylic acids is 1. The second kappa shape index (κ2) is 6.94. The molecule has 3 aliphatic heterocycles. The molecule has 1 aromatic heterocycles. The number of carbonyl (C=O) groups is 1. The van der Waals surface area contributed by atoms with Gasteiger partial charge in [0.05, 0.1) is 17.9 Å². The van der Waals surface area contributed by atoms with Gasteiger partial charge in [0.2, 0.25) is 5.95 Å². The number of rotatable bonds is 2. The van der Waals surface area contributed by atoms with Crippen molar-refractivity contribution >= 4 is 11.9 Å². The Morgan fingerprint density at radius 1 is 1.10 bits per heavy atom.